The standard InChI is InChI=1S/C18H15P.C17H18FN.2ClH.Ru/c1-4-10-16(11-5-1)19(17-12-6-2-7-13-17)18-14-8-3-9-15-18;1-12(2)16-6-4-5-7-17(16)19-11-14-8-9-15(18)10-13(14)3;;;/h1-15H;3-10,12,19H,11H2,1-2H3;2*1H;/q;;;;+2/p-1. The first-order valence-corrected chi connectivity index (χ1v) is 20.4. The average molecular weight is 691 g/mol. The number of para-hydroxylation sites is 1. The van der Waals surface area contributed by atoms with Crippen LogP contribution in [0.5, 0.6) is 0 Å². The number of halogens is 3. The first kappa shape index (κ1) is 31.3. The summed E-state index contributed by atoms with van der Waals surface area (Å²) in [6.45, 7) is 4.93. The van der Waals surface area contributed by atoms with Crippen molar-refractivity contribution in [2.24, 2.45) is 0 Å². The topological polar surface area (TPSA) is 12.0 Å². The van der Waals surface area contributed by atoms with Gasteiger partial charge in [-0.1, -0.05) is 54.6 Å². The molecule has 5 aromatic carbocycles. The zero-order valence-corrected chi connectivity index (χ0v) is 27.3. The van der Waals surface area contributed by atoms with Gasteiger partial charge in [-0.05, 0) is 36.4 Å². The van der Waals surface area contributed by atoms with E-state index < -0.39 is 21.4 Å². The van der Waals surface area contributed by atoms with E-state index in [-0.39, 0.29) is 5.82 Å². The molecular weight excluding hydrogens is 656 g/mol. The Hall–Kier alpha value is -2.67. The Kier molecular flexibility index (Phi) is 12.3. The van der Waals surface area contributed by atoms with Crippen LogP contribution in [0, 0.1) is 5.82 Å². The Labute approximate surface area is 257 Å². The Morgan fingerprint density at radius 1 is 0.707 bits per heavy atom. The van der Waals surface area contributed by atoms with Crippen molar-refractivity contribution in [2.45, 2.75) is 26.3 Å². The SMILES string of the molecule is CC(C)c1ccccc1NCc1ccc(F)cc1[CH]=[Ru]([Cl])[Cl].c1ccc([PH+](c2ccccc2)c2ccccc2)cc1. The van der Waals surface area contributed by atoms with Crippen LogP contribution in [0.4, 0.5) is 10.1 Å². The molecule has 0 unspecified atom stereocenters. The fourth-order valence-corrected chi connectivity index (χ4v) is 9.01. The van der Waals surface area contributed by atoms with Crippen LogP contribution in [0.15, 0.2) is 133 Å². The molecule has 6 heteroatoms. The van der Waals surface area contributed by atoms with Crippen LogP contribution in [0.25, 0.3) is 0 Å². The van der Waals surface area contributed by atoms with Crippen LogP contribution in [0.1, 0.15) is 36.5 Å². The molecule has 212 valence electrons. The summed E-state index contributed by atoms with van der Waals surface area (Å²) >= 11 is -1.99. The molecule has 0 radical (unpaired) electrons. The second kappa shape index (κ2) is 16.1. The first-order valence-electron chi connectivity index (χ1n) is 13.4. The number of hydrogen-bond donors (Lipinski definition) is 1. The van der Waals surface area contributed by atoms with Crippen molar-refractivity contribution in [1.82, 2.24) is 0 Å². The number of rotatable bonds is 8. The Morgan fingerprint density at radius 3 is 1.68 bits per heavy atom. The molecule has 0 saturated carbocycles. The van der Waals surface area contributed by atoms with Gasteiger partial charge in [-0.25, -0.2) is 0 Å². The summed E-state index contributed by atoms with van der Waals surface area (Å²) < 4.78 is 15.2. The molecule has 0 aromatic heterocycles. The van der Waals surface area contributed by atoms with Crippen molar-refractivity contribution in [1.29, 1.82) is 0 Å². The molecule has 0 aliphatic carbocycles. The molecule has 0 aliphatic heterocycles. The Morgan fingerprint density at radius 2 is 1.20 bits per heavy atom. The van der Waals surface area contributed by atoms with Gasteiger partial charge >= 0.3 is 144 Å². The van der Waals surface area contributed by atoms with Gasteiger partial charge in [0.1, 0.15) is 15.9 Å². The predicted molar refractivity (Wildman–Crippen MR) is 178 cm³/mol. The minimum absolute atomic E-state index is 0.277. The van der Waals surface area contributed by atoms with Gasteiger partial charge in [0.2, 0.25) is 0 Å². The van der Waals surface area contributed by atoms with E-state index in [1.165, 1.54) is 33.6 Å². The third-order valence-electron chi connectivity index (χ3n) is 6.53. The second-order valence-electron chi connectivity index (χ2n) is 9.72. The normalized spacial score (nSPS) is 11.0. The van der Waals surface area contributed by atoms with Crippen molar-refractivity contribution in [3.05, 3.63) is 156 Å². The maximum atomic E-state index is 13.4. The summed E-state index contributed by atoms with van der Waals surface area (Å²) in [5.41, 5.74) is 4.12. The molecule has 0 fully saturated rings. The van der Waals surface area contributed by atoms with Crippen molar-refractivity contribution in [3.63, 3.8) is 0 Å². The predicted octanol–water partition coefficient (Wildman–Crippen LogP) is 8.81. The van der Waals surface area contributed by atoms with Gasteiger partial charge in [-0.2, -0.15) is 0 Å². The molecule has 0 heterocycles. The van der Waals surface area contributed by atoms with E-state index in [9.17, 15) is 4.39 Å². The van der Waals surface area contributed by atoms with Gasteiger partial charge in [-0.3, -0.25) is 0 Å². The third-order valence-corrected chi connectivity index (χ3v) is 11.1. The van der Waals surface area contributed by atoms with Crippen LogP contribution < -0.4 is 21.2 Å². The number of nitrogens with one attached hydrogen (secondary N) is 1. The summed E-state index contributed by atoms with van der Waals surface area (Å²) in [6.07, 6.45) is 0. The molecule has 5 rings (SSSR count). The average Bonchev–Trinajstić information content (AvgIpc) is 2.99. The van der Waals surface area contributed by atoms with Crippen molar-refractivity contribution < 1.29 is 17.9 Å². The van der Waals surface area contributed by atoms with Gasteiger partial charge in [0.15, 0.2) is 0 Å². The fraction of sp³-hybridized carbons (Fsp3) is 0.114. The molecule has 41 heavy (non-hydrogen) atoms. The van der Waals surface area contributed by atoms with E-state index in [1.807, 2.05) is 12.1 Å². The molecule has 0 aliphatic rings. The Balaban J connectivity index is 0.000000191. The second-order valence-corrected chi connectivity index (χ2v) is 17.9. The van der Waals surface area contributed by atoms with Gasteiger partial charge < -0.3 is 0 Å². The van der Waals surface area contributed by atoms with E-state index >= 15 is 0 Å². The third kappa shape index (κ3) is 9.42. The largest absolute Gasteiger partial charge is 0.102 e. The summed E-state index contributed by atoms with van der Waals surface area (Å²) in [5, 5.41) is 7.74. The molecule has 0 amide bonds. The van der Waals surface area contributed by atoms with E-state index in [0.29, 0.717) is 12.5 Å². The molecule has 0 saturated heterocycles. The Bertz CT molecular complexity index is 1450. The van der Waals surface area contributed by atoms with Gasteiger partial charge in [0.05, 0.1) is 7.92 Å². The molecule has 5 aromatic rings. The maximum Gasteiger partial charge on any atom is 0.102 e. The molecule has 0 spiro atoms. The monoisotopic (exact) mass is 690 g/mol. The van der Waals surface area contributed by atoms with Crippen molar-refractivity contribution in [3.8, 4) is 0 Å². The van der Waals surface area contributed by atoms with E-state index in [1.54, 1.807) is 10.7 Å². The van der Waals surface area contributed by atoms with Crippen LogP contribution in [0.2, 0.25) is 0 Å². The maximum absolute atomic E-state index is 13.4. The van der Waals surface area contributed by atoms with Crippen LogP contribution in [-0.4, -0.2) is 4.61 Å². The molecule has 1 nitrogen and oxygen atoms in total. The van der Waals surface area contributed by atoms with Gasteiger partial charge in [0.25, 0.3) is 0 Å². The molecular formula is C35H34Cl2FNPRu+. The van der Waals surface area contributed by atoms with Crippen LogP contribution >= 0.6 is 27.3 Å². The molecule has 0 atom stereocenters. The molecule has 0 bridgehead atoms. The summed E-state index contributed by atoms with van der Waals surface area (Å²) in [6, 6.07) is 45.4. The fourth-order valence-electron chi connectivity index (χ4n) is 4.57. The summed E-state index contributed by atoms with van der Waals surface area (Å²) in [5.74, 6) is 0.159. The zero-order valence-electron chi connectivity index (χ0n) is 23.1. The quantitative estimate of drug-likeness (QED) is 0.127. The van der Waals surface area contributed by atoms with Crippen molar-refractivity contribution >= 4 is 53.5 Å². The smallest absolute Gasteiger partial charge is 0.0620 e. The molecule has 1 N–H and O–H groups in total. The zero-order chi connectivity index (χ0) is 29.0. The van der Waals surface area contributed by atoms with E-state index in [4.69, 9.17) is 19.4 Å². The first-order chi connectivity index (χ1) is 19.9. The number of benzene rings is 5. The summed E-state index contributed by atoms with van der Waals surface area (Å²) in [4.78, 5) is 0. The van der Waals surface area contributed by atoms with Crippen LogP contribution in [0.3, 0.4) is 0 Å². The number of anilines is 1. The van der Waals surface area contributed by atoms with Crippen molar-refractivity contribution in [2.75, 3.05) is 5.32 Å². The minimum atomic E-state index is -1.99. The number of hydrogen-bond acceptors (Lipinski definition) is 1. The van der Waals surface area contributed by atoms with E-state index in [2.05, 4.69) is 122 Å². The summed E-state index contributed by atoms with van der Waals surface area (Å²) in [7, 11) is 11.0. The minimum Gasteiger partial charge on any atom is -0.0620 e. The van der Waals surface area contributed by atoms with E-state index in [0.717, 1.165) is 16.8 Å². The van der Waals surface area contributed by atoms with Gasteiger partial charge in [0, 0.05) is 0 Å². The van der Waals surface area contributed by atoms with Crippen LogP contribution in [-0.2, 0) is 20.1 Å². The van der Waals surface area contributed by atoms with Gasteiger partial charge in [-0.15, -0.1) is 0 Å².